The molecule has 0 aliphatic carbocycles. The van der Waals surface area contributed by atoms with Crippen LogP contribution in [0.5, 0.6) is 17.2 Å². The lowest BCUT2D eigenvalue weighted by atomic mass is 10.1. The average molecular weight is 299 g/mol. The topological polar surface area (TPSA) is 105 Å². The first-order chi connectivity index (χ1) is 8.89. The molecule has 98 valence electrons. The number of hydrogen-bond donors (Lipinski definition) is 1. The standard InChI is InChI=1S/C10H6NO6PS/c11-19(13,14)10-6-4-2-1-3-5(6)7-8-9(10)17-18(12,15-7)16-8/h1-4H,(H2,11,13,14). The van der Waals surface area contributed by atoms with Crippen molar-refractivity contribution in [3.05, 3.63) is 24.3 Å². The molecule has 2 aliphatic rings. The number of fused-ring (bicyclic) bond motifs is 3. The Morgan fingerprint density at radius 1 is 0.947 bits per heavy atom. The van der Waals surface area contributed by atoms with Gasteiger partial charge in [-0.25, -0.2) is 13.6 Å². The van der Waals surface area contributed by atoms with Crippen LogP contribution in [-0.2, 0) is 14.6 Å². The largest absolute Gasteiger partial charge is 0.647 e. The summed E-state index contributed by atoms with van der Waals surface area (Å²) in [4.78, 5) is -0.233. The zero-order chi connectivity index (χ0) is 13.4. The predicted molar refractivity (Wildman–Crippen MR) is 64.8 cm³/mol. The molecule has 0 saturated heterocycles. The van der Waals surface area contributed by atoms with Crippen LogP contribution in [0, 0.1) is 0 Å². The number of sulfonamides is 1. The van der Waals surface area contributed by atoms with E-state index in [9.17, 15) is 13.0 Å². The van der Waals surface area contributed by atoms with Gasteiger partial charge in [-0.1, -0.05) is 24.3 Å². The van der Waals surface area contributed by atoms with E-state index in [-0.39, 0.29) is 22.1 Å². The minimum absolute atomic E-state index is 0.0334. The van der Waals surface area contributed by atoms with Crippen molar-refractivity contribution >= 4 is 28.6 Å². The first-order valence-corrected chi connectivity index (χ1v) is 8.20. The van der Waals surface area contributed by atoms with Crippen molar-refractivity contribution in [2.75, 3.05) is 0 Å². The van der Waals surface area contributed by atoms with E-state index in [4.69, 9.17) is 18.7 Å². The average Bonchev–Trinajstić information content (AvgIpc) is 2.80. The molecule has 0 aromatic heterocycles. The van der Waals surface area contributed by atoms with Crippen molar-refractivity contribution in [2.24, 2.45) is 5.14 Å². The molecular weight excluding hydrogens is 293 g/mol. The SMILES string of the molecule is NS(=O)(=O)c1c2c3c(c4ccccc14)OP(=O)(O3)O2. The minimum atomic E-state index is -4.06. The van der Waals surface area contributed by atoms with Crippen molar-refractivity contribution in [1.82, 2.24) is 0 Å². The molecule has 7 nitrogen and oxygen atoms in total. The molecule has 0 saturated carbocycles. The third-order valence-electron chi connectivity index (χ3n) is 2.93. The van der Waals surface area contributed by atoms with E-state index in [1.165, 1.54) is 0 Å². The number of hydrogen-bond acceptors (Lipinski definition) is 6. The number of benzene rings is 2. The molecule has 9 heteroatoms. The van der Waals surface area contributed by atoms with Crippen molar-refractivity contribution in [3.8, 4) is 17.2 Å². The van der Waals surface area contributed by atoms with Crippen LogP contribution in [0.2, 0.25) is 0 Å². The fraction of sp³-hybridized carbons (Fsp3) is 0. The fourth-order valence-electron chi connectivity index (χ4n) is 2.26. The summed E-state index contributed by atoms with van der Waals surface area (Å²) in [6.07, 6.45) is 0. The first kappa shape index (κ1) is 11.1. The summed E-state index contributed by atoms with van der Waals surface area (Å²) in [5.74, 6) is 0.129. The number of primary sulfonamides is 1. The highest BCUT2D eigenvalue weighted by molar-refractivity contribution is 7.89. The van der Waals surface area contributed by atoms with Gasteiger partial charge in [0.25, 0.3) is 0 Å². The predicted octanol–water partition coefficient (Wildman–Crippen LogP) is 1.76. The summed E-state index contributed by atoms with van der Waals surface area (Å²) < 4.78 is 50.6. The molecule has 0 radical (unpaired) electrons. The highest BCUT2D eigenvalue weighted by Crippen LogP contribution is 2.71. The van der Waals surface area contributed by atoms with Gasteiger partial charge in [-0.15, -0.1) is 0 Å². The molecular formula is C10H6NO6PS. The van der Waals surface area contributed by atoms with Gasteiger partial charge >= 0.3 is 7.82 Å². The number of phosphoric ester groups is 1. The normalized spacial score (nSPS) is 23.0. The second kappa shape index (κ2) is 3.04. The third-order valence-corrected chi connectivity index (χ3v) is 5.12. The van der Waals surface area contributed by atoms with Crippen molar-refractivity contribution in [2.45, 2.75) is 4.90 Å². The Morgan fingerprint density at radius 2 is 1.53 bits per heavy atom. The Bertz CT molecular complexity index is 906. The van der Waals surface area contributed by atoms with Gasteiger partial charge < -0.3 is 13.6 Å². The minimum Gasteiger partial charge on any atom is -0.381 e. The molecule has 1 atom stereocenters. The Balaban J connectivity index is 2.29. The van der Waals surface area contributed by atoms with Crippen molar-refractivity contribution in [3.63, 3.8) is 0 Å². The van der Waals surface area contributed by atoms with Gasteiger partial charge in [-0.2, -0.15) is 4.57 Å². The van der Waals surface area contributed by atoms with Crippen LogP contribution >= 0.6 is 7.82 Å². The molecule has 0 spiro atoms. The van der Waals surface area contributed by atoms with Crippen molar-refractivity contribution in [1.29, 1.82) is 0 Å². The van der Waals surface area contributed by atoms with E-state index >= 15 is 0 Å². The van der Waals surface area contributed by atoms with Crippen LogP contribution in [0.15, 0.2) is 29.2 Å². The number of phosphoric acid groups is 1. The number of nitrogens with two attached hydrogens (primary N) is 1. The van der Waals surface area contributed by atoms with E-state index in [2.05, 4.69) is 0 Å². The van der Waals surface area contributed by atoms with Crippen LogP contribution in [0.1, 0.15) is 0 Å². The van der Waals surface area contributed by atoms with Crippen molar-refractivity contribution < 1.29 is 26.6 Å². The van der Waals surface area contributed by atoms with Gasteiger partial charge in [0.15, 0.2) is 5.75 Å². The molecule has 0 amide bonds. The molecule has 0 fully saturated rings. The molecule has 4 rings (SSSR count). The summed E-state index contributed by atoms with van der Waals surface area (Å²) >= 11 is 0. The molecule has 1 unspecified atom stereocenters. The summed E-state index contributed by atoms with van der Waals surface area (Å²) in [5.41, 5.74) is 0. The van der Waals surface area contributed by atoms with Gasteiger partial charge in [0.05, 0.1) is 0 Å². The Morgan fingerprint density at radius 3 is 2.16 bits per heavy atom. The second-order valence-corrected chi connectivity index (χ2v) is 7.07. The molecule has 2 heterocycles. The number of rotatable bonds is 1. The van der Waals surface area contributed by atoms with E-state index in [1.807, 2.05) is 0 Å². The molecule has 2 aromatic carbocycles. The summed E-state index contributed by atoms with van der Waals surface area (Å²) in [6.45, 7) is 0. The summed E-state index contributed by atoms with van der Waals surface area (Å²) in [6, 6.07) is 6.56. The zero-order valence-corrected chi connectivity index (χ0v) is 10.9. The highest BCUT2D eigenvalue weighted by Gasteiger charge is 2.53. The first-order valence-electron chi connectivity index (χ1n) is 5.19. The molecule has 2 aromatic rings. The van der Waals surface area contributed by atoms with Gasteiger partial charge in [0.2, 0.25) is 21.5 Å². The molecule has 2 aliphatic heterocycles. The Labute approximate surface area is 107 Å². The highest BCUT2D eigenvalue weighted by atomic mass is 32.2. The lowest BCUT2D eigenvalue weighted by molar-refractivity contribution is 0.353. The van der Waals surface area contributed by atoms with Crippen LogP contribution in [0.25, 0.3) is 10.8 Å². The fourth-order valence-corrected chi connectivity index (χ4v) is 4.50. The smallest absolute Gasteiger partial charge is 0.381 e. The maximum atomic E-state index is 11.9. The van der Waals surface area contributed by atoms with Gasteiger partial charge in [-0.3, -0.25) is 0 Å². The lowest BCUT2D eigenvalue weighted by Crippen LogP contribution is -2.14. The van der Waals surface area contributed by atoms with Gasteiger partial charge in [0, 0.05) is 10.8 Å². The van der Waals surface area contributed by atoms with E-state index in [0.717, 1.165) is 0 Å². The third kappa shape index (κ3) is 1.30. The van der Waals surface area contributed by atoms with E-state index < -0.39 is 17.8 Å². The Kier molecular flexibility index (Phi) is 1.77. The maximum absolute atomic E-state index is 11.9. The van der Waals surface area contributed by atoms with Crippen LogP contribution in [0.4, 0.5) is 0 Å². The van der Waals surface area contributed by atoms with Crippen LogP contribution < -0.4 is 18.7 Å². The zero-order valence-electron chi connectivity index (χ0n) is 9.19. The molecule has 19 heavy (non-hydrogen) atoms. The molecule has 2 N–H and O–H groups in total. The Hall–Kier alpha value is -1.76. The maximum Gasteiger partial charge on any atom is 0.647 e. The van der Waals surface area contributed by atoms with E-state index in [0.29, 0.717) is 10.8 Å². The summed E-state index contributed by atoms with van der Waals surface area (Å²) in [7, 11) is -7.83. The monoisotopic (exact) mass is 299 g/mol. The van der Waals surface area contributed by atoms with E-state index in [1.54, 1.807) is 24.3 Å². The lowest BCUT2D eigenvalue weighted by Gasteiger charge is -2.15. The van der Waals surface area contributed by atoms with Gasteiger partial charge in [0.1, 0.15) is 4.90 Å². The molecule has 2 bridgehead atoms. The van der Waals surface area contributed by atoms with Gasteiger partial charge in [-0.05, 0) is 0 Å². The van der Waals surface area contributed by atoms with Crippen LogP contribution in [-0.4, -0.2) is 8.42 Å². The van der Waals surface area contributed by atoms with Crippen LogP contribution in [0.3, 0.4) is 0 Å². The second-order valence-electron chi connectivity index (χ2n) is 4.13. The quantitative estimate of drug-likeness (QED) is 0.804. The summed E-state index contributed by atoms with van der Waals surface area (Å²) in [5, 5.41) is 6.02.